The number of unbranched alkanes of at least 4 members (excludes halogenated alkanes) is 25. The molecule has 2 rings (SSSR count). The number of carbonyl (C=O) groups excluding carboxylic acids is 1. The van der Waals surface area contributed by atoms with Crippen molar-refractivity contribution in [1.29, 1.82) is 0 Å². The Morgan fingerprint density at radius 2 is 0.943 bits per heavy atom. The molecule has 0 radical (unpaired) electrons. The molecule has 12 atom stereocenters. The van der Waals surface area contributed by atoms with Gasteiger partial charge in [0.25, 0.3) is 0 Å². The largest absolute Gasteiger partial charge is 0.394 e. The van der Waals surface area contributed by atoms with Gasteiger partial charge in [0.2, 0.25) is 5.91 Å². The van der Waals surface area contributed by atoms with Crippen LogP contribution in [-0.4, -0.2) is 140 Å². The van der Waals surface area contributed by atoms with Crippen molar-refractivity contribution in [2.75, 3.05) is 19.8 Å². The molecule has 1 amide bonds. The number of hydrogen-bond donors (Lipinski definition) is 9. The van der Waals surface area contributed by atoms with Gasteiger partial charge in [-0.05, 0) is 51.4 Å². The van der Waals surface area contributed by atoms with Gasteiger partial charge in [-0.2, -0.15) is 0 Å². The summed E-state index contributed by atoms with van der Waals surface area (Å²) in [5, 5.41) is 86.9. The predicted molar refractivity (Wildman–Crippen MR) is 277 cm³/mol. The zero-order valence-corrected chi connectivity index (χ0v) is 43.8. The van der Waals surface area contributed by atoms with Crippen LogP contribution in [0.5, 0.6) is 0 Å². The Hall–Kier alpha value is -1.79. The molecular weight excluding hydrogens is 895 g/mol. The third-order valence-electron chi connectivity index (χ3n) is 13.9. The number of rotatable bonds is 44. The molecule has 2 aliphatic rings. The van der Waals surface area contributed by atoms with E-state index in [0.29, 0.717) is 12.8 Å². The van der Waals surface area contributed by atoms with Crippen LogP contribution in [0.3, 0.4) is 0 Å². The second-order valence-corrected chi connectivity index (χ2v) is 20.1. The van der Waals surface area contributed by atoms with Crippen molar-refractivity contribution in [2.24, 2.45) is 0 Å². The highest BCUT2D eigenvalue weighted by Crippen LogP contribution is 2.30. The minimum absolute atomic E-state index is 0.211. The molecule has 2 fully saturated rings. The second kappa shape index (κ2) is 42.6. The van der Waals surface area contributed by atoms with Crippen molar-refractivity contribution < 1.29 is 64.6 Å². The van der Waals surface area contributed by atoms with Gasteiger partial charge in [0.05, 0.1) is 32.0 Å². The number of hydrogen-bond acceptors (Lipinski definition) is 13. The normalized spacial score (nSPS) is 26.2. The lowest BCUT2D eigenvalue weighted by Gasteiger charge is -2.46. The topological polar surface area (TPSA) is 228 Å². The molecule has 14 nitrogen and oxygen atoms in total. The Balaban J connectivity index is 1.68. The number of allylic oxidation sites excluding steroid dienone is 6. The standard InChI is InChI=1S/C56H103NO13/c1-3-5-7-9-11-13-14-15-16-17-18-19-20-21-22-23-24-25-26-27-28-29-30-32-34-36-38-40-48(61)57-44(45(60)39-37-35-33-31-12-10-8-6-4-2)43-67-55-53(66)51(64)54(47(42-59)69-55)70-56-52(65)50(63)49(62)46(41-58)68-56/h14-15,17-18,20-21,44-47,49-56,58-60,62-66H,3-13,16,19,22-43H2,1-2H3,(H,57,61)/b15-14-,18-17-,21-20-. The fourth-order valence-electron chi connectivity index (χ4n) is 9.24. The first-order chi connectivity index (χ1) is 34.1. The molecule has 14 heteroatoms. The average Bonchev–Trinajstić information content (AvgIpc) is 3.36. The minimum atomic E-state index is -1.78. The lowest BCUT2D eigenvalue weighted by atomic mass is 9.97. The van der Waals surface area contributed by atoms with Crippen molar-refractivity contribution in [3.63, 3.8) is 0 Å². The summed E-state index contributed by atoms with van der Waals surface area (Å²) in [6.07, 6.45) is 33.1. The Labute approximate surface area is 423 Å². The van der Waals surface area contributed by atoms with Gasteiger partial charge in [-0.25, -0.2) is 0 Å². The summed E-state index contributed by atoms with van der Waals surface area (Å²) >= 11 is 0. The molecular formula is C56H103NO13. The van der Waals surface area contributed by atoms with E-state index in [1.807, 2.05) is 0 Å². The third kappa shape index (κ3) is 28.6. The van der Waals surface area contributed by atoms with Crippen LogP contribution in [0.15, 0.2) is 36.5 Å². The quantitative estimate of drug-likeness (QED) is 0.0206. The predicted octanol–water partition coefficient (Wildman–Crippen LogP) is 8.66. The molecule has 0 aromatic carbocycles. The summed E-state index contributed by atoms with van der Waals surface area (Å²) in [6.45, 7) is 2.81. The first-order valence-corrected chi connectivity index (χ1v) is 28.2. The highest BCUT2D eigenvalue weighted by molar-refractivity contribution is 5.76. The van der Waals surface area contributed by atoms with Crippen LogP contribution in [0.4, 0.5) is 0 Å². The van der Waals surface area contributed by atoms with E-state index in [1.54, 1.807) is 0 Å². The molecule has 0 aromatic heterocycles. The molecule has 0 saturated carbocycles. The van der Waals surface area contributed by atoms with E-state index in [1.165, 1.54) is 128 Å². The monoisotopic (exact) mass is 998 g/mol. The van der Waals surface area contributed by atoms with Gasteiger partial charge < -0.3 is 65.1 Å². The van der Waals surface area contributed by atoms with E-state index in [2.05, 4.69) is 55.6 Å². The SMILES string of the molecule is CCCCCCC/C=C\C/C=C\C/C=C\CCCCCCCCCCCCCCC(=O)NC(COC1OC(CO)C(OC2OC(CO)C(O)C(O)C2O)C(O)C1O)C(O)CCCCCCCCCCC. The Morgan fingerprint density at radius 1 is 0.514 bits per heavy atom. The van der Waals surface area contributed by atoms with Crippen LogP contribution >= 0.6 is 0 Å². The molecule has 70 heavy (non-hydrogen) atoms. The van der Waals surface area contributed by atoms with Crippen LogP contribution < -0.4 is 5.32 Å². The highest BCUT2D eigenvalue weighted by Gasteiger charge is 2.51. The number of nitrogens with one attached hydrogen (secondary N) is 1. The zero-order chi connectivity index (χ0) is 51.0. The van der Waals surface area contributed by atoms with Crippen LogP contribution in [0.1, 0.15) is 219 Å². The van der Waals surface area contributed by atoms with E-state index < -0.39 is 86.8 Å². The van der Waals surface area contributed by atoms with Gasteiger partial charge in [-0.1, -0.05) is 198 Å². The van der Waals surface area contributed by atoms with Crippen molar-refractivity contribution in [2.45, 2.75) is 293 Å². The fraction of sp³-hybridized carbons (Fsp3) is 0.875. The summed E-state index contributed by atoms with van der Waals surface area (Å²) in [7, 11) is 0. The second-order valence-electron chi connectivity index (χ2n) is 20.1. The molecule has 0 spiro atoms. The number of aliphatic hydroxyl groups is 8. The van der Waals surface area contributed by atoms with Gasteiger partial charge in [-0.15, -0.1) is 0 Å². The first-order valence-electron chi connectivity index (χ1n) is 28.2. The average molecular weight is 998 g/mol. The molecule has 0 aromatic rings. The maximum absolute atomic E-state index is 13.2. The lowest BCUT2D eigenvalue weighted by Crippen LogP contribution is -2.65. The summed E-state index contributed by atoms with van der Waals surface area (Å²) in [5.41, 5.74) is 0. The van der Waals surface area contributed by atoms with E-state index >= 15 is 0 Å². The van der Waals surface area contributed by atoms with Gasteiger partial charge >= 0.3 is 0 Å². The Kier molecular flexibility index (Phi) is 39.1. The summed E-state index contributed by atoms with van der Waals surface area (Å²) in [6, 6.07) is -0.827. The number of aliphatic hydroxyl groups excluding tert-OH is 8. The molecule has 0 bridgehead atoms. The van der Waals surface area contributed by atoms with Crippen LogP contribution in [0.25, 0.3) is 0 Å². The van der Waals surface area contributed by atoms with Crippen molar-refractivity contribution in [3.05, 3.63) is 36.5 Å². The molecule has 410 valence electrons. The number of carbonyl (C=O) groups is 1. The van der Waals surface area contributed by atoms with Crippen LogP contribution in [0.2, 0.25) is 0 Å². The lowest BCUT2D eigenvalue weighted by molar-refractivity contribution is -0.359. The minimum Gasteiger partial charge on any atom is -0.394 e. The van der Waals surface area contributed by atoms with Crippen LogP contribution in [0, 0.1) is 0 Å². The Morgan fingerprint density at radius 3 is 1.44 bits per heavy atom. The van der Waals surface area contributed by atoms with Crippen LogP contribution in [-0.2, 0) is 23.7 Å². The summed E-state index contributed by atoms with van der Waals surface area (Å²) in [5.74, 6) is -0.211. The van der Waals surface area contributed by atoms with Gasteiger partial charge in [0.1, 0.15) is 48.8 Å². The van der Waals surface area contributed by atoms with Crippen molar-refractivity contribution >= 4 is 5.91 Å². The van der Waals surface area contributed by atoms with E-state index in [9.17, 15) is 45.6 Å². The molecule has 2 aliphatic heterocycles. The van der Waals surface area contributed by atoms with E-state index in [-0.39, 0.29) is 12.5 Å². The summed E-state index contributed by atoms with van der Waals surface area (Å²) < 4.78 is 22.7. The number of ether oxygens (including phenoxy) is 4. The maximum atomic E-state index is 13.2. The molecule has 12 unspecified atom stereocenters. The third-order valence-corrected chi connectivity index (χ3v) is 13.9. The number of amides is 1. The smallest absolute Gasteiger partial charge is 0.220 e. The Bertz CT molecular complexity index is 1320. The fourth-order valence-corrected chi connectivity index (χ4v) is 9.24. The maximum Gasteiger partial charge on any atom is 0.220 e. The first kappa shape index (κ1) is 64.3. The van der Waals surface area contributed by atoms with Crippen molar-refractivity contribution in [3.8, 4) is 0 Å². The molecule has 2 heterocycles. The molecule has 0 aliphatic carbocycles. The van der Waals surface area contributed by atoms with Gasteiger partial charge in [0.15, 0.2) is 12.6 Å². The van der Waals surface area contributed by atoms with E-state index in [4.69, 9.17) is 18.9 Å². The zero-order valence-electron chi connectivity index (χ0n) is 43.8. The van der Waals surface area contributed by atoms with Gasteiger partial charge in [0, 0.05) is 6.42 Å². The highest BCUT2D eigenvalue weighted by atomic mass is 16.7. The molecule has 2 saturated heterocycles. The summed E-state index contributed by atoms with van der Waals surface area (Å²) in [4.78, 5) is 13.2. The van der Waals surface area contributed by atoms with Gasteiger partial charge in [-0.3, -0.25) is 4.79 Å². The van der Waals surface area contributed by atoms with E-state index in [0.717, 1.165) is 64.2 Å². The van der Waals surface area contributed by atoms with Crippen molar-refractivity contribution in [1.82, 2.24) is 5.32 Å². The molecule has 9 N–H and O–H groups in total.